The zero-order valence-corrected chi connectivity index (χ0v) is 12.8. The van der Waals surface area contributed by atoms with Gasteiger partial charge in [-0.15, -0.1) is 0 Å². The summed E-state index contributed by atoms with van der Waals surface area (Å²) in [6.07, 6.45) is -0.282. The Morgan fingerprint density at radius 1 is 1.09 bits per heavy atom. The zero-order chi connectivity index (χ0) is 15.7. The average molecular weight is 320 g/mol. The summed E-state index contributed by atoms with van der Waals surface area (Å²) in [6, 6.07) is 13.1. The molecule has 1 fully saturated rings. The Bertz CT molecular complexity index is 750. The molecule has 0 bridgehead atoms. The summed E-state index contributed by atoms with van der Waals surface area (Å²) < 4.78 is 34.7. The van der Waals surface area contributed by atoms with Gasteiger partial charge >= 0.3 is 10.1 Å². The molecule has 0 amide bonds. The molecular weight excluding hydrogens is 304 g/mol. The van der Waals surface area contributed by atoms with E-state index in [0.29, 0.717) is 0 Å². The first-order valence-corrected chi connectivity index (χ1v) is 8.28. The van der Waals surface area contributed by atoms with Crippen LogP contribution in [-0.4, -0.2) is 26.2 Å². The lowest BCUT2D eigenvalue weighted by atomic mass is 10.1. The van der Waals surface area contributed by atoms with Crippen LogP contribution >= 0.6 is 0 Å². The summed E-state index contributed by atoms with van der Waals surface area (Å²) in [5.41, 5.74) is 1.87. The highest BCUT2D eigenvalue weighted by molar-refractivity contribution is 7.87. The summed E-state index contributed by atoms with van der Waals surface area (Å²) in [7, 11) is -3.83. The molecule has 1 saturated heterocycles. The maximum Gasteiger partial charge on any atom is 0.339 e. The van der Waals surface area contributed by atoms with Crippen molar-refractivity contribution in [1.82, 2.24) is 0 Å². The number of rotatable bonds is 5. The van der Waals surface area contributed by atoms with E-state index in [4.69, 9.17) is 14.0 Å². The zero-order valence-electron chi connectivity index (χ0n) is 12.0. The standard InChI is InChI=1S/C16H16O5S/c1-11-2-8-14(9-3-11)22(18,19)21-13-6-4-12(5-7-13)16-15(10-17)20-16/h2-9,15-17H,10H2,1H3/t15-,16-/m0/s1. The van der Waals surface area contributed by atoms with Crippen LogP contribution in [0.5, 0.6) is 5.75 Å². The van der Waals surface area contributed by atoms with E-state index in [1.807, 2.05) is 6.92 Å². The fraction of sp³-hybridized carbons (Fsp3) is 0.250. The number of benzene rings is 2. The predicted molar refractivity (Wildman–Crippen MR) is 80.1 cm³/mol. The number of hydrogen-bond acceptors (Lipinski definition) is 5. The van der Waals surface area contributed by atoms with E-state index in [0.717, 1.165) is 11.1 Å². The molecule has 22 heavy (non-hydrogen) atoms. The van der Waals surface area contributed by atoms with Gasteiger partial charge in [-0.05, 0) is 36.8 Å². The summed E-state index contributed by atoms with van der Waals surface area (Å²) in [4.78, 5) is 0.119. The first-order chi connectivity index (χ1) is 10.5. The van der Waals surface area contributed by atoms with E-state index in [1.165, 1.54) is 12.1 Å². The van der Waals surface area contributed by atoms with E-state index in [9.17, 15) is 8.42 Å². The molecular formula is C16H16O5S. The van der Waals surface area contributed by atoms with Crippen molar-refractivity contribution in [2.45, 2.75) is 24.0 Å². The van der Waals surface area contributed by atoms with E-state index in [-0.39, 0.29) is 29.5 Å². The highest BCUT2D eigenvalue weighted by atomic mass is 32.2. The summed E-state index contributed by atoms with van der Waals surface area (Å²) in [6.45, 7) is 1.86. The third-order valence-corrected chi connectivity index (χ3v) is 4.75. The Morgan fingerprint density at radius 2 is 1.73 bits per heavy atom. The minimum Gasteiger partial charge on any atom is -0.394 e. The lowest BCUT2D eigenvalue weighted by Crippen LogP contribution is -2.09. The Morgan fingerprint density at radius 3 is 2.27 bits per heavy atom. The molecule has 2 atom stereocenters. The smallest absolute Gasteiger partial charge is 0.339 e. The number of aliphatic hydroxyl groups is 1. The van der Waals surface area contributed by atoms with Crippen LogP contribution in [0.2, 0.25) is 0 Å². The second-order valence-corrected chi connectivity index (χ2v) is 6.74. The third kappa shape index (κ3) is 3.14. The maximum absolute atomic E-state index is 12.2. The number of aliphatic hydroxyl groups excluding tert-OH is 1. The van der Waals surface area contributed by atoms with Gasteiger partial charge in [0.2, 0.25) is 0 Å². The van der Waals surface area contributed by atoms with Gasteiger partial charge in [0.25, 0.3) is 0 Å². The molecule has 1 N–H and O–H groups in total. The van der Waals surface area contributed by atoms with E-state index in [2.05, 4.69) is 0 Å². The molecule has 2 aromatic carbocycles. The molecule has 116 valence electrons. The van der Waals surface area contributed by atoms with Crippen LogP contribution in [0.4, 0.5) is 0 Å². The van der Waals surface area contributed by atoms with Crippen molar-refractivity contribution < 1.29 is 22.4 Å². The molecule has 0 radical (unpaired) electrons. The summed E-state index contributed by atoms with van der Waals surface area (Å²) in [5, 5.41) is 8.96. The lowest BCUT2D eigenvalue weighted by molar-refractivity contribution is 0.242. The van der Waals surface area contributed by atoms with Crippen LogP contribution in [-0.2, 0) is 14.9 Å². The molecule has 1 aliphatic rings. The molecule has 3 rings (SSSR count). The van der Waals surface area contributed by atoms with Crippen LogP contribution in [0.15, 0.2) is 53.4 Å². The molecule has 6 heteroatoms. The van der Waals surface area contributed by atoms with Gasteiger partial charge in [-0.1, -0.05) is 29.8 Å². The largest absolute Gasteiger partial charge is 0.394 e. The SMILES string of the molecule is Cc1ccc(S(=O)(=O)Oc2ccc([C@@H]3O[C@H]3CO)cc2)cc1. The van der Waals surface area contributed by atoms with Crippen LogP contribution in [0.1, 0.15) is 17.2 Å². The molecule has 0 saturated carbocycles. The van der Waals surface area contributed by atoms with Crippen molar-refractivity contribution in [3.05, 3.63) is 59.7 Å². The topological polar surface area (TPSA) is 76.1 Å². The minimum absolute atomic E-state index is 0.0231. The Kier molecular flexibility index (Phi) is 3.90. The molecule has 0 unspecified atom stereocenters. The fourth-order valence-electron chi connectivity index (χ4n) is 2.17. The van der Waals surface area contributed by atoms with Crippen molar-refractivity contribution in [2.75, 3.05) is 6.61 Å². The number of hydrogen-bond donors (Lipinski definition) is 1. The first kappa shape index (κ1) is 15.0. The van der Waals surface area contributed by atoms with Crippen molar-refractivity contribution in [3.8, 4) is 5.75 Å². The van der Waals surface area contributed by atoms with Gasteiger partial charge in [-0.3, -0.25) is 0 Å². The van der Waals surface area contributed by atoms with Crippen molar-refractivity contribution >= 4 is 10.1 Å². The van der Waals surface area contributed by atoms with Crippen molar-refractivity contribution in [1.29, 1.82) is 0 Å². The average Bonchev–Trinajstić information content (AvgIpc) is 3.28. The molecule has 1 aliphatic heterocycles. The van der Waals surface area contributed by atoms with Crippen LogP contribution in [0.25, 0.3) is 0 Å². The van der Waals surface area contributed by atoms with E-state index in [1.54, 1.807) is 36.4 Å². The second kappa shape index (κ2) is 5.72. The van der Waals surface area contributed by atoms with Gasteiger partial charge in [-0.25, -0.2) is 0 Å². The minimum atomic E-state index is -3.83. The normalized spacial score (nSPS) is 20.6. The summed E-state index contributed by atoms with van der Waals surface area (Å²) >= 11 is 0. The Labute approximate surface area is 129 Å². The van der Waals surface area contributed by atoms with Gasteiger partial charge in [-0.2, -0.15) is 8.42 Å². The molecule has 0 aromatic heterocycles. The molecule has 1 heterocycles. The quantitative estimate of drug-likeness (QED) is 0.675. The first-order valence-electron chi connectivity index (χ1n) is 6.87. The van der Waals surface area contributed by atoms with E-state index >= 15 is 0 Å². The molecule has 0 spiro atoms. The van der Waals surface area contributed by atoms with Gasteiger partial charge in [0.15, 0.2) is 0 Å². The predicted octanol–water partition coefficient (Wildman–Crippen LogP) is 2.19. The highest BCUT2D eigenvalue weighted by Crippen LogP contribution is 2.38. The number of aryl methyl sites for hydroxylation is 1. The van der Waals surface area contributed by atoms with Crippen molar-refractivity contribution in [2.24, 2.45) is 0 Å². The Balaban J connectivity index is 1.74. The number of epoxide rings is 1. The second-order valence-electron chi connectivity index (χ2n) is 5.20. The summed E-state index contributed by atoms with van der Waals surface area (Å²) in [5.74, 6) is 0.241. The van der Waals surface area contributed by atoms with E-state index < -0.39 is 10.1 Å². The molecule has 0 aliphatic carbocycles. The monoisotopic (exact) mass is 320 g/mol. The van der Waals surface area contributed by atoms with Gasteiger partial charge in [0, 0.05) is 0 Å². The molecule has 2 aromatic rings. The van der Waals surface area contributed by atoms with Crippen molar-refractivity contribution in [3.63, 3.8) is 0 Å². The molecule has 5 nitrogen and oxygen atoms in total. The highest BCUT2D eigenvalue weighted by Gasteiger charge is 2.39. The van der Waals surface area contributed by atoms with Crippen LogP contribution in [0, 0.1) is 6.92 Å². The maximum atomic E-state index is 12.2. The Hall–Kier alpha value is -1.89. The van der Waals surface area contributed by atoms with Gasteiger partial charge < -0.3 is 14.0 Å². The van der Waals surface area contributed by atoms with Gasteiger partial charge in [0.05, 0.1) is 6.61 Å². The van der Waals surface area contributed by atoms with Crippen LogP contribution < -0.4 is 4.18 Å². The van der Waals surface area contributed by atoms with Gasteiger partial charge in [0.1, 0.15) is 22.9 Å². The third-order valence-electron chi connectivity index (χ3n) is 3.49. The fourth-order valence-corrected chi connectivity index (χ4v) is 3.10. The number of ether oxygens (including phenoxy) is 1. The lowest BCUT2D eigenvalue weighted by Gasteiger charge is -2.07. The van der Waals surface area contributed by atoms with Crippen LogP contribution in [0.3, 0.4) is 0 Å².